The summed E-state index contributed by atoms with van der Waals surface area (Å²) in [7, 11) is 0. The lowest BCUT2D eigenvalue weighted by Crippen LogP contribution is -2.33. The molecule has 0 aliphatic carbocycles. The minimum atomic E-state index is -0.385. The zero-order valence-corrected chi connectivity index (χ0v) is 26.4. The highest BCUT2D eigenvalue weighted by atomic mass is 16.6. The van der Waals surface area contributed by atoms with E-state index in [9.17, 15) is 15.0 Å². The van der Waals surface area contributed by atoms with Crippen LogP contribution in [-0.2, 0) is 19.0 Å². The first-order chi connectivity index (χ1) is 20.0. The summed E-state index contributed by atoms with van der Waals surface area (Å²) in [6.45, 7) is 4.17. The smallest absolute Gasteiger partial charge is 0.334 e. The summed E-state index contributed by atoms with van der Waals surface area (Å²) in [5.74, 6) is -0.127. The van der Waals surface area contributed by atoms with Crippen LogP contribution in [0.15, 0.2) is 11.6 Å². The number of esters is 1. The van der Waals surface area contributed by atoms with Crippen LogP contribution in [0.4, 0.5) is 0 Å². The molecule has 7 atom stereocenters. The van der Waals surface area contributed by atoms with Gasteiger partial charge in [0.05, 0.1) is 36.6 Å². The Balaban J connectivity index is 1.14. The highest BCUT2D eigenvalue weighted by Gasteiger charge is 2.40. The van der Waals surface area contributed by atoms with Crippen molar-refractivity contribution in [3.63, 3.8) is 0 Å². The van der Waals surface area contributed by atoms with E-state index in [2.05, 4.69) is 6.92 Å². The van der Waals surface area contributed by atoms with Crippen molar-refractivity contribution in [2.24, 2.45) is 0 Å². The normalized spacial score (nSPS) is 27.8. The summed E-state index contributed by atoms with van der Waals surface area (Å²) in [5.41, 5.74) is 0.858. The highest BCUT2D eigenvalue weighted by molar-refractivity contribution is 5.90. The van der Waals surface area contributed by atoms with Crippen LogP contribution in [0.2, 0.25) is 0 Å². The molecular weight excluding hydrogens is 516 g/mol. The van der Waals surface area contributed by atoms with Gasteiger partial charge in [-0.1, -0.05) is 103 Å². The molecule has 0 saturated carbocycles. The molecule has 0 amide bonds. The molecule has 6 heteroatoms. The van der Waals surface area contributed by atoms with Gasteiger partial charge < -0.3 is 24.4 Å². The second-order valence-electron chi connectivity index (χ2n) is 13.1. The van der Waals surface area contributed by atoms with Crippen molar-refractivity contribution < 1.29 is 29.2 Å². The van der Waals surface area contributed by atoms with Crippen LogP contribution in [0.25, 0.3) is 0 Å². The number of carbonyl (C=O) groups excluding carboxylic acids is 1. The monoisotopic (exact) mass is 578 g/mol. The molecule has 3 heterocycles. The molecule has 7 unspecified atom stereocenters. The Kier molecular flexibility index (Phi) is 16.9. The van der Waals surface area contributed by atoms with Gasteiger partial charge in [0.15, 0.2) is 0 Å². The SMILES string of the molecule is CCCCCCCCCCC(O)C1CCC(C2CCC(C(O)CCCCCCCCCCC3=CC(C)OC3=O)O2)O1. The molecule has 238 valence electrons. The fourth-order valence-electron chi connectivity index (χ4n) is 6.90. The van der Waals surface area contributed by atoms with Crippen molar-refractivity contribution in [2.75, 3.05) is 0 Å². The van der Waals surface area contributed by atoms with Gasteiger partial charge in [-0.05, 0) is 64.4 Å². The number of hydrogen-bond donors (Lipinski definition) is 2. The van der Waals surface area contributed by atoms with E-state index in [0.717, 1.165) is 76.2 Å². The lowest BCUT2D eigenvalue weighted by Gasteiger charge is -2.24. The third-order valence-electron chi connectivity index (χ3n) is 9.48. The molecule has 3 rings (SSSR count). The summed E-state index contributed by atoms with van der Waals surface area (Å²) in [6.07, 6.45) is 27.0. The average molecular weight is 579 g/mol. The van der Waals surface area contributed by atoms with E-state index in [1.165, 1.54) is 77.0 Å². The highest BCUT2D eigenvalue weighted by Crippen LogP contribution is 2.34. The average Bonchev–Trinajstić information content (AvgIpc) is 3.71. The van der Waals surface area contributed by atoms with Gasteiger partial charge in [0.2, 0.25) is 0 Å². The topological polar surface area (TPSA) is 85.2 Å². The van der Waals surface area contributed by atoms with Gasteiger partial charge in [0.25, 0.3) is 0 Å². The molecule has 41 heavy (non-hydrogen) atoms. The Morgan fingerprint density at radius 2 is 1.12 bits per heavy atom. The molecule has 2 saturated heterocycles. The predicted molar refractivity (Wildman–Crippen MR) is 165 cm³/mol. The van der Waals surface area contributed by atoms with E-state index >= 15 is 0 Å². The first-order valence-electron chi connectivity index (χ1n) is 17.6. The van der Waals surface area contributed by atoms with Crippen molar-refractivity contribution >= 4 is 5.97 Å². The fourth-order valence-corrected chi connectivity index (χ4v) is 6.90. The van der Waals surface area contributed by atoms with Crippen molar-refractivity contribution in [2.45, 2.75) is 204 Å². The van der Waals surface area contributed by atoms with E-state index in [1.54, 1.807) is 0 Å². The van der Waals surface area contributed by atoms with E-state index in [-0.39, 0.29) is 48.7 Å². The van der Waals surface area contributed by atoms with E-state index in [4.69, 9.17) is 14.2 Å². The van der Waals surface area contributed by atoms with Crippen LogP contribution in [0.3, 0.4) is 0 Å². The number of cyclic esters (lactones) is 1. The van der Waals surface area contributed by atoms with Crippen LogP contribution < -0.4 is 0 Å². The summed E-state index contributed by atoms with van der Waals surface area (Å²) in [4.78, 5) is 11.6. The van der Waals surface area contributed by atoms with E-state index in [1.807, 2.05) is 13.0 Å². The Morgan fingerprint density at radius 1 is 0.683 bits per heavy atom. The van der Waals surface area contributed by atoms with E-state index < -0.39 is 0 Å². The number of aliphatic hydroxyl groups is 2. The predicted octanol–water partition coefficient (Wildman–Crippen LogP) is 8.11. The Labute approximate surface area is 251 Å². The molecule has 0 aromatic carbocycles. The maximum atomic E-state index is 11.6. The van der Waals surface area contributed by atoms with Crippen LogP contribution in [-0.4, -0.2) is 58.9 Å². The molecule has 0 spiro atoms. The quantitative estimate of drug-likeness (QED) is 0.0941. The standard InChI is InChI=1S/C35H62O6/c1-3-4-5-6-7-11-14-17-20-29(36)31-22-24-33(40-31)34-25-23-32(41-34)30(37)21-18-15-12-9-8-10-13-16-19-28-26-27(2)39-35(28)38/h26-27,29-34,36-37H,3-25H2,1-2H3. The molecule has 6 nitrogen and oxygen atoms in total. The molecule has 3 aliphatic heterocycles. The second kappa shape index (κ2) is 20.1. The number of ether oxygens (including phenoxy) is 3. The van der Waals surface area contributed by atoms with Gasteiger partial charge in [-0.15, -0.1) is 0 Å². The van der Waals surface area contributed by atoms with Crippen LogP contribution in [0, 0.1) is 0 Å². The molecule has 0 radical (unpaired) electrons. The molecule has 0 bridgehead atoms. The molecule has 2 fully saturated rings. The Bertz CT molecular complexity index is 738. The van der Waals surface area contributed by atoms with Crippen molar-refractivity contribution in [3.05, 3.63) is 11.6 Å². The van der Waals surface area contributed by atoms with Gasteiger partial charge in [0, 0.05) is 5.57 Å². The number of hydrogen-bond acceptors (Lipinski definition) is 6. The Morgan fingerprint density at radius 3 is 1.56 bits per heavy atom. The first kappa shape index (κ1) is 34.5. The van der Waals surface area contributed by atoms with Gasteiger partial charge in [-0.2, -0.15) is 0 Å². The van der Waals surface area contributed by atoms with Gasteiger partial charge in [-0.25, -0.2) is 4.79 Å². The first-order valence-corrected chi connectivity index (χ1v) is 17.6. The third-order valence-corrected chi connectivity index (χ3v) is 9.48. The fraction of sp³-hybridized carbons (Fsp3) is 0.914. The zero-order chi connectivity index (χ0) is 29.3. The maximum Gasteiger partial charge on any atom is 0.334 e. The van der Waals surface area contributed by atoms with Crippen LogP contribution in [0.5, 0.6) is 0 Å². The lowest BCUT2D eigenvalue weighted by molar-refractivity contribution is -0.139. The lowest BCUT2D eigenvalue weighted by atomic mass is 10.0. The number of carbonyl (C=O) groups is 1. The van der Waals surface area contributed by atoms with Crippen molar-refractivity contribution in [1.29, 1.82) is 0 Å². The minimum absolute atomic E-state index is 0.0514. The Hall–Kier alpha value is -0.950. The number of unbranched alkanes of at least 4 members (excludes halogenated alkanes) is 14. The van der Waals surface area contributed by atoms with Gasteiger partial charge in [-0.3, -0.25) is 0 Å². The van der Waals surface area contributed by atoms with Crippen molar-refractivity contribution in [3.8, 4) is 0 Å². The van der Waals surface area contributed by atoms with Crippen LogP contribution in [0.1, 0.15) is 162 Å². The van der Waals surface area contributed by atoms with E-state index in [0.29, 0.717) is 0 Å². The van der Waals surface area contributed by atoms with Crippen molar-refractivity contribution in [1.82, 2.24) is 0 Å². The molecule has 3 aliphatic rings. The largest absolute Gasteiger partial charge is 0.455 e. The summed E-state index contributed by atoms with van der Waals surface area (Å²) < 4.78 is 17.7. The number of rotatable bonds is 23. The molecule has 0 aromatic heterocycles. The summed E-state index contributed by atoms with van der Waals surface area (Å²) in [6, 6.07) is 0. The molecule has 0 aromatic rings. The maximum absolute atomic E-state index is 11.6. The summed E-state index contributed by atoms with van der Waals surface area (Å²) in [5, 5.41) is 21.4. The van der Waals surface area contributed by atoms with Crippen LogP contribution >= 0.6 is 0 Å². The van der Waals surface area contributed by atoms with Gasteiger partial charge in [0.1, 0.15) is 6.10 Å². The molecular formula is C35H62O6. The molecule has 2 N–H and O–H groups in total. The van der Waals surface area contributed by atoms with Gasteiger partial charge >= 0.3 is 5.97 Å². The minimum Gasteiger partial charge on any atom is -0.455 e. The zero-order valence-electron chi connectivity index (χ0n) is 26.4. The number of aliphatic hydroxyl groups excluding tert-OH is 2. The third kappa shape index (κ3) is 13.1. The summed E-state index contributed by atoms with van der Waals surface area (Å²) >= 11 is 0. The second-order valence-corrected chi connectivity index (χ2v) is 13.1.